The normalized spacial score (nSPS) is 21.6. The Kier molecular flexibility index (Phi) is 3.89. The molecule has 84 valence electrons. The van der Waals surface area contributed by atoms with Crippen molar-refractivity contribution < 1.29 is 0 Å². The summed E-state index contributed by atoms with van der Waals surface area (Å²) < 4.78 is 0. The second-order valence-corrected chi connectivity index (χ2v) is 6.47. The average Bonchev–Trinajstić information content (AvgIpc) is 2.34. The fourth-order valence-corrected chi connectivity index (χ4v) is 3.91. The maximum atomic E-state index is 2.42. The summed E-state index contributed by atoms with van der Waals surface area (Å²) in [4.78, 5) is 2.99. The van der Waals surface area contributed by atoms with Crippen molar-refractivity contribution in [2.75, 3.05) is 5.75 Å². The van der Waals surface area contributed by atoms with E-state index in [4.69, 9.17) is 0 Å². The number of benzene rings is 1. The lowest BCUT2D eigenvalue weighted by atomic mass is 10.0. The molecule has 0 fully saturated rings. The van der Waals surface area contributed by atoms with E-state index in [9.17, 15) is 0 Å². The minimum atomic E-state index is 0.278. The van der Waals surface area contributed by atoms with E-state index in [1.54, 1.807) is 0 Å². The summed E-state index contributed by atoms with van der Waals surface area (Å²) in [6.45, 7) is 4.55. The minimum absolute atomic E-state index is 0.278. The standard InChI is InChI=1S/C15H19S/c1-3-16(14-7-5-4-6-8-14)15-11-9-13(2)10-12-15/h4-9,11-13H,3,10H2,1-2H3/q+1. The molecule has 0 bridgehead atoms. The monoisotopic (exact) mass is 231 g/mol. The highest BCUT2D eigenvalue weighted by molar-refractivity contribution is 8.00. The third-order valence-electron chi connectivity index (χ3n) is 2.88. The molecule has 16 heavy (non-hydrogen) atoms. The zero-order valence-corrected chi connectivity index (χ0v) is 10.8. The first kappa shape index (κ1) is 11.5. The molecular formula is C15H19S+. The summed E-state index contributed by atoms with van der Waals surface area (Å²) in [7, 11) is 0.278. The zero-order valence-electron chi connectivity index (χ0n) is 10.0. The molecule has 1 heteroatoms. The van der Waals surface area contributed by atoms with Crippen LogP contribution >= 0.6 is 0 Å². The zero-order chi connectivity index (χ0) is 11.4. The summed E-state index contributed by atoms with van der Waals surface area (Å²) in [6, 6.07) is 10.9. The molecule has 1 aromatic rings. The third kappa shape index (κ3) is 2.59. The van der Waals surface area contributed by atoms with E-state index in [0.29, 0.717) is 5.92 Å². The first-order valence-corrected chi connectivity index (χ1v) is 7.35. The molecule has 0 N–H and O–H groups in total. The van der Waals surface area contributed by atoms with Gasteiger partial charge in [-0.05, 0) is 43.5 Å². The van der Waals surface area contributed by atoms with Crippen LogP contribution in [0.4, 0.5) is 0 Å². The molecule has 0 radical (unpaired) electrons. The Morgan fingerprint density at radius 1 is 1.25 bits per heavy atom. The minimum Gasteiger partial charge on any atom is -0.0764 e. The summed E-state index contributed by atoms with van der Waals surface area (Å²) in [5.41, 5.74) is 0. The summed E-state index contributed by atoms with van der Waals surface area (Å²) in [5.74, 6) is 1.91. The van der Waals surface area contributed by atoms with Crippen LogP contribution in [-0.4, -0.2) is 5.75 Å². The Morgan fingerprint density at radius 3 is 2.56 bits per heavy atom. The van der Waals surface area contributed by atoms with Gasteiger partial charge < -0.3 is 0 Å². The van der Waals surface area contributed by atoms with E-state index in [1.807, 2.05) is 0 Å². The van der Waals surface area contributed by atoms with Crippen molar-refractivity contribution in [3.05, 3.63) is 53.5 Å². The molecule has 0 saturated carbocycles. The predicted molar refractivity (Wildman–Crippen MR) is 73.6 cm³/mol. The van der Waals surface area contributed by atoms with Gasteiger partial charge in [-0.15, -0.1) is 0 Å². The highest BCUT2D eigenvalue weighted by Gasteiger charge is 2.25. The SMILES string of the molecule is CC[S+](C1=CCC(C)C=C1)c1ccccc1. The summed E-state index contributed by atoms with van der Waals surface area (Å²) in [5, 5.41) is 0. The van der Waals surface area contributed by atoms with Gasteiger partial charge >= 0.3 is 0 Å². The Hall–Kier alpha value is -0.950. The highest BCUT2D eigenvalue weighted by Crippen LogP contribution is 2.27. The van der Waals surface area contributed by atoms with E-state index in [-0.39, 0.29) is 10.9 Å². The fourth-order valence-electron chi connectivity index (χ4n) is 1.94. The molecule has 1 aliphatic rings. The van der Waals surface area contributed by atoms with Crippen molar-refractivity contribution in [1.82, 2.24) is 0 Å². The van der Waals surface area contributed by atoms with E-state index in [1.165, 1.54) is 22.0 Å². The Labute approximate surface area is 101 Å². The van der Waals surface area contributed by atoms with E-state index in [0.717, 1.165) is 0 Å². The van der Waals surface area contributed by atoms with Crippen LogP contribution in [0.2, 0.25) is 0 Å². The summed E-state index contributed by atoms with van der Waals surface area (Å²) >= 11 is 0. The van der Waals surface area contributed by atoms with Crippen LogP contribution in [0.15, 0.2) is 58.4 Å². The third-order valence-corrected chi connectivity index (χ3v) is 5.17. The molecule has 0 aliphatic heterocycles. The lowest BCUT2D eigenvalue weighted by Crippen LogP contribution is -2.10. The molecule has 0 heterocycles. The van der Waals surface area contributed by atoms with Gasteiger partial charge in [-0.1, -0.05) is 31.2 Å². The van der Waals surface area contributed by atoms with Crippen LogP contribution in [0.3, 0.4) is 0 Å². The Morgan fingerprint density at radius 2 is 2.00 bits per heavy atom. The molecule has 1 aromatic carbocycles. The molecule has 0 nitrogen and oxygen atoms in total. The molecule has 0 amide bonds. The van der Waals surface area contributed by atoms with Gasteiger partial charge in [0.15, 0.2) is 9.80 Å². The van der Waals surface area contributed by atoms with Gasteiger partial charge in [0.05, 0.1) is 10.9 Å². The van der Waals surface area contributed by atoms with Crippen LogP contribution in [-0.2, 0) is 10.9 Å². The van der Waals surface area contributed by atoms with Crippen molar-refractivity contribution in [2.45, 2.75) is 25.2 Å². The number of hydrogen-bond acceptors (Lipinski definition) is 0. The first-order valence-electron chi connectivity index (χ1n) is 5.95. The van der Waals surface area contributed by atoms with Gasteiger partial charge in [0.2, 0.25) is 0 Å². The molecule has 2 rings (SSSR count). The molecule has 0 saturated heterocycles. The molecular weight excluding hydrogens is 212 g/mol. The van der Waals surface area contributed by atoms with Gasteiger partial charge in [0.25, 0.3) is 0 Å². The molecule has 0 spiro atoms. The van der Waals surface area contributed by atoms with Crippen molar-refractivity contribution >= 4 is 10.9 Å². The van der Waals surface area contributed by atoms with Crippen LogP contribution < -0.4 is 0 Å². The second kappa shape index (κ2) is 5.40. The van der Waals surface area contributed by atoms with Crippen LogP contribution in [0.5, 0.6) is 0 Å². The second-order valence-electron chi connectivity index (χ2n) is 4.17. The Balaban J connectivity index is 2.21. The van der Waals surface area contributed by atoms with E-state index >= 15 is 0 Å². The van der Waals surface area contributed by atoms with Gasteiger partial charge in [-0.2, -0.15) is 0 Å². The highest BCUT2D eigenvalue weighted by atomic mass is 32.2. The van der Waals surface area contributed by atoms with Crippen LogP contribution in [0.25, 0.3) is 0 Å². The van der Waals surface area contributed by atoms with Gasteiger partial charge in [-0.3, -0.25) is 0 Å². The molecule has 1 aliphatic carbocycles. The number of rotatable bonds is 3. The van der Waals surface area contributed by atoms with Gasteiger partial charge in [-0.25, -0.2) is 0 Å². The van der Waals surface area contributed by atoms with Gasteiger partial charge in [0.1, 0.15) is 5.75 Å². The summed E-state index contributed by atoms with van der Waals surface area (Å²) in [6.07, 6.45) is 8.29. The quantitative estimate of drug-likeness (QED) is 0.685. The van der Waals surface area contributed by atoms with Crippen molar-refractivity contribution in [3.8, 4) is 0 Å². The number of hydrogen-bond donors (Lipinski definition) is 0. The Bertz CT molecular complexity index is 389. The lowest BCUT2D eigenvalue weighted by molar-refractivity contribution is 0.735. The fraction of sp³-hybridized carbons (Fsp3) is 0.333. The smallest absolute Gasteiger partial charge is 0.0764 e. The lowest BCUT2D eigenvalue weighted by Gasteiger charge is -2.12. The van der Waals surface area contributed by atoms with E-state index < -0.39 is 0 Å². The number of allylic oxidation sites excluding steroid dienone is 3. The molecule has 2 atom stereocenters. The van der Waals surface area contributed by atoms with Crippen molar-refractivity contribution in [2.24, 2.45) is 5.92 Å². The van der Waals surface area contributed by atoms with Crippen LogP contribution in [0.1, 0.15) is 20.3 Å². The van der Waals surface area contributed by atoms with Gasteiger partial charge in [0, 0.05) is 0 Å². The predicted octanol–water partition coefficient (Wildman–Crippen LogP) is 4.16. The first-order chi connectivity index (χ1) is 7.81. The topological polar surface area (TPSA) is 0 Å². The van der Waals surface area contributed by atoms with Crippen molar-refractivity contribution in [3.63, 3.8) is 0 Å². The maximum absolute atomic E-state index is 2.42. The maximum Gasteiger partial charge on any atom is 0.160 e. The molecule has 2 unspecified atom stereocenters. The largest absolute Gasteiger partial charge is 0.160 e. The van der Waals surface area contributed by atoms with Crippen molar-refractivity contribution in [1.29, 1.82) is 0 Å². The average molecular weight is 231 g/mol. The molecule has 0 aromatic heterocycles. The van der Waals surface area contributed by atoms with E-state index in [2.05, 4.69) is 62.4 Å². The van der Waals surface area contributed by atoms with Crippen LogP contribution in [0, 0.1) is 5.92 Å².